The zero-order valence-corrected chi connectivity index (χ0v) is 14.8. The first kappa shape index (κ1) is 16.5. The van der Waals surface area contributed by atoms with Gasteiger partial charge in [-0.1, -0.05) is 43.1 Å². The maximum Gasteiger partial charge on any atom is 0.265 e. The molecule has 3 nitrogen and oxygen atoms in total. The molecule has 2 aromatic rings. The molecule has 0 radical (unpaired) electrons. The highest BCUT2D eigenvalue weighted by Gasteiger charge is 2.11. The van der Waals surface area contributed by atoms with Crippen LogP contribution < -0.4 is 5.56 Å². The van der Waals surface area contributed by atoms with Crippen molar-refractivity contribution in [1.29, 1.82) is 0 Å². The Balaban J connectivity index is 2.33. The minimum atomic E-state index is -0.157. The topological polar surface area (TPSA) is 45.8 Å². The third-order valence-electron chi connectivity index (χ3n) is 2.94. The first-order valence-corrected chi connectivity index (χ1v) is 8.13. The number of nitrogens with one attached hydrogen (secondary N) is 1. The summed E-state index contributed by atoms with van der Waals surface area (Å²) in [4.78, 5) is 19.3. The quantitative estimate of drug-likeness (QED) is 0.828. The Bertz CT molecular complexity index is 713. The van der Waals surface area contributed by atoms with E-state index in [-0.39, 0.29) is 5.56 Å². The Kier molecular flexibility index (Phi) is 5.47. The Labute approximate surface area is 141 Å². The molecule has 0 atom stereocenters. The molecule has 0 saturated carbocycles. The second-order valence-corrected chi connectivity index (χ2v) is 6.90. The van der Waals surface area contributed by atoms with Crippen LogP contribution >= 0.6 is 39.1 Å². The Morgan fingerprint density at radius 3 is 2.62 bits per heavy atom. The largest absolute Gasteiger partial charge is 0.309 e. The summed E-state index contributed by atoms with van der Waals surface area (Å²) in [5.74, 6) is 1.05. The molecule has 0 fully saturated rings. The Morgan fingerprint density at radius 2 is 2.00 bits per heavy atom. The molecule has 0 saturated heterocycles. The van der Waals surface area contributed by atoms with Gasteiger partial charge < -0.3 is 4.98 Å². The summed E-state index contributed by atoms with van der Waals surface area (Å²) >= 11 is 15.2. The van der Waals surface area contributed by atoms with Crippen LogP contribution in [0, 0.1) is 5.92 Å². The van der Waals surface area contributed by atoms with Crippen molar-refractivity contribution in [2.75, 3.05) is 0 Å². The molecular formula is C15H15BrCl2N2O. The van der Waals surface area contributed by atoms with Gasteiger partial charge >= 0.3 is 0 Å². The number of H-pyrrole nitrogens is 1. The van der Waals surface area contributed by atoms with Crippen LogP contribution in [0.5, 0.6) is 0 Å². The standard InChI is InChI=1S/C15H15BrCl2N2O/c1-8(2)5-12-14(16)15(21)20-13(19-12)7-9-3-4-10(17)11(18)6-9/h3-4,6,8H,5,7H2,1-2H3,(H,19,20,21). The number of hydrogen-bond acceptors (Lipinski definition) is 2. The Morgan fingerprint density at radius 1 is 1.29 bits per heavy atom. The summed E-state index contributed by atoms with van der Waals surface area (Å²) in [7, 11) is 0. The van der Waals surface area contributed by atoms with Crippen LogP contribution in [-0.4, -0.2) is 9.97 Å². The lowest BCUT2D eigenvalue weighted by Gasteiger charge is -2.09. The van der Waals surface area contributed by atoms with Crippen molar-refractivity contribution in [2.24, 2.45) is 5.92 Å². The second kappa shape index (κ2) is 6.95. The van der Waals surface area contributed by atoms with E-state index in [0.717, 1.165) is 17.7 Å². The number of benzene rings is 1. The highest BCUT2D eigenvalue weighted by atomic mass is 79.9. The first-order valence-electron chi connectivity index (χ1n) is 6.58. The third-order valence-corrected chi connectivity index (χ3v) is 4.49. The van der Waals surface area contributed by atoms with Gasteiger partial charge in [-0.15, -0.1) is 0 Å². The summed E-state index contributed by atoms with van der Waals surface area (Å²) in [6.45, 7) is 4.18. The molecule has 0 unspecified atom stereocenters. The minimum absolute atomic E-state index is 0.157. The molecule has 0 bridgehead atoms. The predicted octanol–water partition coefficient (Wildman–Crippen LogP) is 4.63. The molecule has 1 N–H and O–H groups in total. The predicted molar refractivity (Wildman–Crippen MR) is 90.4 cm³/mol. The highest BCUT2D eigenvalue weighted by Crippen LogP contribution is 2.23. The Hall–Kier alpha value is -0.840. The summed E-state index contributed by atoms with van der Waals surface area (Å²) in [6, 6.07) is 5.40. The van der Waals surface area contributed by atoms with E-state index in [1.807, 2.05) is 6.07 Å². The number of aromatic amines is 1. The van der Waals surface area contributed by atoms with Crippen LogP contribution in [0.3, 0.4) is 0 Å². The van der Waals surface area contributed by atoms with Crippen LogP contribution in [0.4, 0.5) is 0 Å². The van der Waals surface area contributed by atoms with E-state index in [1.165, 1.54) is 0 Å². The van der Waals surface area contributed by atoms with Crippen molar-refractivity contribution in [3.63, 3.8) is 0 Å². The number of nitrogens with zero attached hydrogens (tertiary/aromatic N) is 1. The van der Waals surface area contributed by atoms with Crippen molar-refractivity contribution >= 4 is 39.1 Å². The summed E-state index contributed by atoms with van der Waals surface area (Å²) in [6.07, 6.45) is 1.25. The SMILES string of the molecule is CC(C)Cc1nc(Cc2ccc(Cl)c(Cl)c2)[nH]c(=O)c1Br. The van der Waals surface area contributed by atoms with Gasteiger partial charge in [-0.25, -0.2) is 4.98 Å². The van der Waals surface area contributed by atoms with Gasteiger partial charge in [0.05, 0.1) is 15.7 Å². The summed E-state index contributed by atoms with van der Waals surface area (Å²) in [5.41, 5.74) is 1.57. The zero-order chi connectivity index (χ0) is 15.6. The molecule has 1 aromatic heterocycles. The van der Waals surface area contributed by atoms with Gasteiger partial charge in [-0.2, -0.15) is 0 Å². The van der Waals surface area contributed by atoms with E-state index < -0.39 is 0 Å². The van der Waals surface area contributed by atoms with E-state index >= 15 is 0 Å². The molecule has 0 spiro atoms. The van der Waals surface area contributed by atoms with Crippen LogP contribution in [0.2, 0.25) is 10.0 Å². The fourth-order valence-corrected chi connectivity index (χ4v) is 2.68. The number of rotatable bonds is 4. The fraction of sp³-hybridized carbons (Fsp3) is 0.333. The van der Waals surface area contributed by atoms with Gasteiger partial charge in [0, 0.05) is 6.42 Å². The summed E-state index contributed by atoms with van der Waals surface area (Å²) < 4.78 is 0.508. The molecule has 1 heterocycles. The lowest BCUT2D eigenvalue weighted by Crippen LogP contribution is -2.17. The second-order valence-electron chi connectivity index (χ2n) is 5.30. The van der Waals surface area contributed by atoms with Crippen LogP contribution in [0.25, 0.3) is 0 Å². The number of halogens is 3. The smallest absolute Gasteiger partial charge is 0.265 e. The van der Waals surface area contributed by atoms with Crippen molar-refractivity contribution in [3.8, 4) is 0 Å². The molecule has 1 aromatic carbocycles. The molecule has 0 amide bonds. The average Bonchev–Trinajstić information content (AvgIpc) is 2.39. The molecule has 0 aliphatic heterocycles. The molecule has 0 aliphatic carbocycles. The molecule has 6 heteroatoms. The fourth-order valence-electron chi connectivity index (χ4n) is 2.01. The third kappa shape index (κ3) is 4.31. The van der Waals surface area contributed by atoms with E-state index in [0.29, 0.717) is 32.7 Å². The lowest BCUT2D eigenvalue weighted by molar-refractivity contribution is 0.627. The van der Waals surface area contributed by atoms with E-state index in [2.05, 4.69) is 39.7 Å². The van der Waals surface area contributed by atoms with Gasteiger partial charge in [0.25, 0.3) is 5.56 Å². The maximum absolute atomic E-state index is 12.0. The highest BCUT2D eigenvalue weighted by molar-refractivity contribution is 9.10. The molecule has 2 rings (SSSR count). The van der Waals surface area contributed by atoms with E-state index in [9.17, 15) is 4.79 Å². The number of aromatic nitrogens is 2. The first-order chi connectivity index (χ1) is 9.86. The monoisotopic (exact) mass is 388 g/mol. The van der Waals surface area contributed by atoms with Gasteiger partial charge in [0.1, 0.15) is 10.3 Å². The van der Waals surface area contributed by atoms with E-state index in [4.69, 9.17) is 23.2 Å². The van der Waals surface area contributed by atoms with Gasteiger partial charge in [0.15, 0.2) is 0 Å². The van der Waals surface area contributed by atoms with Gasteiger partial charge in [0.2, 0.25) is 0 Å². The molecule has 21 heavy (non-hydrogen) atoms. The van der Waals surface area contributed by atoms with Gasteiger partial charge in [-0.3, -0.25) is 4.79 Å². The van der Waals surface area contributed by atoms with Crippen molar-refractivity contribution in [2.45, 2.75) is 26.7 Å². The van der Waals surface area contributed by atoms with Crippen molar-refractivity contribution in [1.82, 2.24) is 9.97 Å². The lowest BCUT2D eigenvalue weighted by atomic mass is 10.1. The van der Waals surface area contributed by atoms with Crippen LogP contribution in [-0.2, 0) is 12.8 Å². The summed E-state index contributed by atoms with van der Waals surface area (Å²) in [5, 5.41) is 1.01. The van der Waals surface area contributed by atoms with Crippen LogP contribution in [0.1, 0.15) is 30.9 Å². The maximum atomic E-state index is 12.0. The van der Waals surface area contributed by atoms with Crippen molar-refractivity contribution in [3.05, 3.63) is 60.2 Å². The minimum Gasteiger partial charge on any atom is -0.309 e. The van der Waals surface area contributed by atoms with Gasteiger partial charge in [-0.05, 0) is 46.0 Å². The molecule has 0 aliphatic rings. The van der Waals surface area contributed by atoms with Crippen molar-refractivity contribution < 1.29 is 0 Å². The normalized spacial score (nSPS) is 11.1. The van der Waals surface area contributed by atoms with Crippen LogP contribution in [0.15, 0.2) is 27.5 Å². The molecular weight excluding hydrogens is 375 g/mol. The zero-order valence-electron chi connectivity index (χ0n) is 11.7. The molecule has 112 valence electrons. The van der Waals surface area contributed by atoms with E-state index in [1.54, 1.807) is 12.1 Å². The average molecular weight is 390 g/mol. The number of hydrogen-bond donors (Lipinski definition) is 1.